The van der Waals surface area contributed by atoms with E-state index in [0.717, 1.165) is 0 Å². The van der Waals surface area contributed by atoms with Gasteiger partial charge in [-0.25, -0.2) is 4.21 Å². The van der Waals surface area contributed by atoms with Gasteiger partial charge >= 0.3 is 0 Å². The smallest absolute Gasteiger partial charge is 0.279 e. The Hall–Kier alpha value is -0.840. The van der Waals surface area contributed by atoms with E-state index in [9.17, 15) is 9.00 Å². The van der Waals surface area contributed by atoms with Gasteiger partial charge in [0.1, 0.15) is 16.7 Å². The Kier molecular flexibility index (Phi) is 1.05. The molecule has 1 heterocycles. The van der Waals surface area contributed by atoms with Crippen molar-refractivity contribution in [3.8, 4) is 0 Å². The fraction of sp³-hybridized carbons (Fsp3) is 0. The Bertz CT molecular complexity index is 186. The molecular formula is C3H4N2O2S. The molecule has 0 saturated heterocycles. The second kappa shape index (κ2) is 1.59. The minimum Gasteiger partial charge on any atom is -0.394 e. The molecule has 0 spiro atoms. The van der Waals surface area contributed by atoms with E-state index in [1.807, 2.05) is 0 Å². The second-order valence-corrected chi connectivity index (χ2v) is 2.34. The molecule has 44 valence electrons. The Morgan fingerprint density at radius 1 is 1.75 bits per heavy atom. The number of carbonyl (C=O) groups is 1. The SMILES string of the molecule is NC1=CS(=O)NC1=O. The van der Waals surface area contributed by atoms with Gasteiger partial charge < -0.3 is 5.73 Å². The summed E-state index contributed by atoms with van der Waals surface area (Å²) >= 11 is 0. The van der Waals surface area contributed by atoms with Crippen molar-refractivity contribution in [2.75, 3.05) is 0 Å². The van der Waals surface area contributed by atoms with Crippen molar-refractivity contribution in [2.45, 2.75) is 0 Å². The molecule has 1 aliphatic heterocycles. The number of rotatable bonds is 0. The highest BCUT2D eigenvalue weighted by Gasteiger charge is 2.15. The van der Waals surface area contributed by atoms with Crippen molar-refractivity contribution in [2.24, 2.45) is 5.73 Å². The summed E-state index contributed by atoms with van der Waals surface area (Å²) in [7, 11) is -1.37. The summed E-state index contributed by atoms with van der Waals surface area (Å²) in [5.41, 5.74) is 5.06. The van der Waals surface area contributed by atoms with Crippen LogP contribution >= 0.6 is 0 Å². The molecule has 8 heavy (non-hydrogen) atoms. The number of hydrogen-bond donors (Lipinski definition) is 2. The van der Waals surface area contributed by atoms with Gasteiger partial charge in [0.05, 0.1) is 5.41 Å². The Balaban J connectivity index is 2.88. The first-order valence-corrected chi connectivity index (χ1v) is 3.10. The molecule has 0 aromatic heterocycles. The molecule has 1 amide bonds. The summed E-state index contributed by atoms with van der Waals surface area (Å²) in [5.74, 6) is -0.455. The average Bonchev–Trinajstić information content (AvgIpc) is 1.85. The van der Waals surface area contributed by atoms with E-state index in [1.54, 1.807) is 0 Å². The lowest BCUT2D eigenvalue weighted by atomic mass is 10.5. The lowest BCUT2D eigenvalue weighted by molar-refractivity contribution is -0.115. The number of nitrogens with one attached hydrogen (secondary N) is 1. The quantitative estimate of drug-likeness (QED) is 0.425. The van der Waals surface area contributed by atoms with E-state index in [0.29, 0.717) is 0 Å². The third-order valence-corrected chi connectivity index (χ3v) is 1.54. The molecule has 1 atom stereocenters. The molecular weight excluding hydrogens is 128 g/mol. The van der Waals surface area contributed by atoms with Crippen LogP contribution in [0.5, 0.6) is 0 Å². The normalized spacial score (nSPS) is 27.2. The third kappa shape index (κ3) is 0.717. The van der Waals surface area contributed by atoms with Crippen LogP contribution in [0.15, 0.2) is 11.1 Å². The fourth-order valence-electron chi connectivity index (χ4n) is 0.349. The predicted octanol–water partition coefficient (Wildman–Crippen LogP) is -1.42. The fourth-order valence-corrected chi connectivity index (χ4v) is 1.05. The summed E-state index contributed by atoms with van der Waals surface area (Å²) in [6.07, 6.45) is 0. The minimum absolute atomic E-state index is 0.0309. The molecule has 3 N–H and O–H groups in total. The Labute approximate surface area is 48.3 Å². The summed E-state index contributed by atoms with van der Waals surface area (Å²) in [5, 5.41) is 1.17. The van der Waals surface area contributed by atoms with Crippen LogP contribution in [0.3, 0.4) is 0 Å². The first kappa shape index (κ1) is 5.30. The molecule has 0 aromatic rings. The van der Waals surface area contributed by atoms with E-state index in [2.05, 4.69) is 4.72 Å². The van der Waals surface area contributed by atoms with Crippen LogP contribution < -0.4 is 10.5 Å². The number of nitrogens with two attached hydrogens (primary N) is 1. The van der Waals surface area contributed by atoms with Crippen LogP contribution in [0.2, 0.25) is 0 Å². The van der Waals surface area contributed by atoms with Gasteiger partial charge in [0.2, 0.25) is 0 Å². The zero-order chi connectivity index (χ0) is 6.15. The first-order valence-electron chi connectivity index (χ1n) is 1.89. The van der Waals surface area contributed by atoms with Crippen molar-refractivity contribution < 1.29 is 9.00 Å². The molecule has 1 rings (SSSR count). The van der Waals surface area contributed by atoms with Crippen molar-refractivity contribution in [3.05, 3.63) is 11.1 Å². The maximum absolute atomic E-state index is 10.3. The molecule has 5 heteroatoms. The van der Waals surface area contributed by atoms with Gasteiger partial charge in [-0.2, -0.15) is 0 Å². The zero-order valence-electron chi connectivity index (χ0n) is 3.88. The molecule has 0 aliphatic carbocycles. The summed E-state index contributed by atoms with van der Waals surface area (Å²) < 4.78 is 12.4. The highest BCUT2D eigenvalue weighted by Crippen LogP contribution is 1.95. The molecule has 4 nitrogen and oxygen atoms in total. The maximum Gasteiger partial charge on any atom is 0.279 e. The molecule has 0 saturated carbocycles. The van der Waals surface area contributed by atoms with Crippen LogP contribution in [0, 0.1) is 0 Å². The van der Waals surface area contributed by atoms with Crippen molar-refractivity contribution in [1.29, 1.82) is 0 Å². The van der Waals surface area contributed by atoms with E-state index in [-0.39, 0.29) is 5.70 Å². The van der Waals surface area contributed by atoms with Crippen LogP contribution in [0.1, 0.15) is 0 Å². The van der Waals surface area contributed by atoms with E-state index < -0.39 is 16.9 Å². The van der Waals surface area contributed by atoms with Gasteiger partial charge in [-0.1, -0.05) is 0 Å². The van der Waals surface area contributed by atoms with Gasteiger partial charge in [-0.15, -0.1) is 0 Å². The van der Waals surface area contributed by atoms with E-state index >= 15 is 0 Å². The maximum atomic E-state index is 10.3. The van der Waals surface area contributed by atoms with Gasteiger partial charge in [-0.05, 0) is 0 Å². The highest BCUT2D eigenvalue weighted by atomic mass is 32.2. The van der Waals surface area contributed by atoms with Crippen LogP contribution in [0.4, 0.5) is 0 Å². The van der Waals surface area contributed by atoms with Crippen molar-refractivity contribution >= 4 is 16.9 Å². The van der Waals surface area contributed by atoms with Gasteiger partial charge in [0.15, 0.2) is 0 Å². The van der Waals surface area contributed by atoms with Gasteiger partial charge in [0, 0.05) is 0 Å². The standard InChI is InChI=1S/C3H4N2O2S/c4-2-1-8(7)5-3(2)6/h1H,4H2,(H,5,6). The topological polar surface area (TPSA) is 72.2 Å². The highest BCUT2D eigenvalue weighted by molar-refractivity contribution is 7.87. The molecule has 0 radical (unpaired) electrons. The van der Waals surface area contributed by atoms with Crippen molar-refractivity contribution in [1.82, 2.24) is 4.72 Å². The van der Waals surface area contributed by atoms with Crippen LogP contribution in [-0.2, 0) is 15.8 Å². The van der Waals surface area contributed by atoms with E-state index in [1.165, 1.54) is 5.41 Å². The third-order valence-electron chi connectivity index (χ3n) is 0.689. The van der Waals surface area contributed by atoms with Gasteiger partial charge in [0.25, 0.3) is 5.91 Å². The number of amides is 1. The Morgan fingerprint density at radius 3 is 2.50 bits per heavy atom. The Morgan fingerprint density at radius 2 is 2.38 bits per heavy atom. The second-order valence-electron chi connectivity index (χ2n) is 1.30. The van der Waals surface area contributed by atoms with Crippen molar-refractivity contribution in [3.63, 3.8) is 0 Å². The summed E-state index contributed by atoms with van der Waals surface area (Å²) in [6, 6.07) is 0. The minimum atomic E-state index is -1.37. The van der Waals surface area contributed by atoms with E-state index in [4.69, 9.17) is 5.73 Å². The molecule has 1 unspecified atom stereocenters. The van der Waals surface area contributed by atoms with Crippen LogP contribution in [0.25, 0.3) is 0 Å². The van der Waals surface area contributed by atoms with Gasteiger partial charge in [-0.3, -0.25) is 9.52 Å². The summed E-state index contributed by atoms with van der Waals surface area (Å²) in [6.45, 7) is 0. The lowest BCUT2D eigenvalue weighted by Crippen LogP contribution is -2.20. The average molecular weight is 132 g/mol. The largest absolute Gasteiger partial charge is 0.394 e. The molecule has 0 fully saturated rings. The monoisotopic (exact) mass is 132 g/mol. The van der Waals surface area contributed by atoms with Crippen LogP contribution in [-0.4, -0.2) is 10.1 Å². The number of carbonyl (C=O) groups excluding carboxylic acids is 1. The molecule has 0 bridgehead atoms. The zero-order valence-corrected chi connectivity index (χ0v) is 4.70. The first-order chi connectivity index (χ1) is 3.70. The molecule has 1 aliphatic rings. The lowest BCUT2D eigenvalue weighted by Gasteiger charge is -1.84. The predicted molar refractivity (Wildman–Crippen MR) is 28.6 cm³/mol. The number of hydrogen-bond acceptors (Lipinski definition) is 3. The summed E-state index contributed by atoms with van der Waals surface area (Å²) in [4.78, 5) is 10.3. The molecule has 0 aromatic carbocycles.